The summed E-state index contributed by atoms with van der Waals surface area (Å²) in [4.78, 5) is 16.0. The van der Waals surface area contributed by atoms with Gasteiger partial charge < -0.3 is 9.57 Å². The average molecular weight is 304 g/mol. The smallest absolute Gasteiger partial charge is 0.352 e. The maximum Gasteiger partial charge on any atom is 0.352 e. The summed E-state index contributed by atoms with van der Waals surface area (Å²) in [5, 5.41) is 1.60. The van der Waals surface area contributed by atoms with Gasteiger partial charge in [-0.15, -0.1) is 5.06 Å². The minimum absolute atomic E-state index is 0. The molecule has 0 unspecified atom stereocenters. The van der Waals surface area contributed by atoms with Crippen molar-refractivity contribution in [1.29, 1.82) is 0 Å². The van der Waals surface area contributed by atoms with Crippen LogP contribution in [0.15, 0.2) is 12.2 Å². The van der Waals surface area contributed by atoms with Crippen molar-refractivity contribution in [3.05, 3.63) is 12.2 Å². The molecule has 69 valence electrons. The van der Waals surface area contributed by atoms with Crippen molar-refractivity contribution >= 4 is 74.9 Å². The summed E-state index contributed by atoms with van der Waals surface area (Å²) in [6.45, 7) is 7.62. The first kappa shape index (κ1) is 14.2. The van der Waals surface area contributed by atoms with E-state index in [1.807, 2.05) is 0 Å². The van der Waals surface area contributed by atoms with E-state index >= 15 is 0 Å². The predicted molar refractivity (Wildman–Crippen MR) is 49.1 cm³/mol. The maximum atomic E-state index is 11.0. The van der Waals surface area contributed by atoms with Crippen LogP contribution in [0.5, 0.6) is 0 Å². The second-order valence-corrected chi connectivity index (χ2v) is 2.70. The van der Waals surface area contributed by atoms with E-state index in [1.165, 1.54) is 0 Å². The molecule has 0 aromatic carbocycles. The molecular formula is C8H13CsNO3. The molecule has 1 aliphatic heterocycles. The number of hydrogen-bond acceptors (Lipinski definition) is 4. The first-order chi connectivity index (χ1) is 5.70. The van der Waals surface area contributed by atoms with E-state index in [2.05, 4.69) is 6.58 Å². The standard InChI is InChI=1S/C8H13NO3.Cs/c1-7(2)8(10)12-9-3-5-11-6-4-9;/h1,3-6H2,2H3;. The van der Waals surface area contributed by atoms with Gasteiger partial charge in [-0.2, -0.15) is 0 Å². The minimum atomic E-state index is -0.364. The zero-order chi connectivity index (χ0) is 8.97. The van der Waals surface area contributed by atoms with E-state index in [-0.39, 0.29) is 74.9 Å². The van der Waals surface area contributed by atoms with Gasteiger partial charge in [0, 0.05) is 74.5 Å². The normalized spacial score (nSPS) is 17.3. The SMILES string of the molecule is C=C(C)C(=O)ON1CCOCC1.[Cs]. The first-order valence-corrected chi connectivity index (χ1v) is 3.90. The number of morpholine rings is 1. The van der Waals surface area contributed by atoms with Gasteiger partial charge in [-0.25, -0.2) is 4.79 Å². The molecule has 1 aliphatic rings. The first-order valence-electron chi connectivity index (χ1n) is 3.90. The number of carbonyl (C=O) groups is 1. The quantitative estimate of drug-likeness (QED) is 0.672. The number of nitrogens with zero attached hydrogens (tertiary/aromatic N) is 1. The molecule has 0 amide bonds. The third-order valence-corrected chi connectivity index (χ3v) is 1.53. The zero-order valence-corrected chi connectivity index (χ0v) is 14.5. The van der Waals surface area contributed by atoms with Crippen LogP contribution in [0.25, 0.3) is 0 Å². The molecule has 0 atom stereocenters. The fourth-order valence-electron chi connectivity index (χ4n) is 0.833. The molecule has 1 saturated heterocycles. The van der Waals surface area contributed by atoms with Crippen LogP contribution < -0.4 is 0 Å². The Morgan fingerprint density at radius 3 is 2.46 bits per heavy atom. The molecular weight excluding hydrogens is 291 g/mol. The van der Waals surface area contributed by atoms with Crippen LogP contribution in [-0.4, -0.2) is 106 Å². The van der Waals surface area contributed by atoms with Gasteiger partial charge in [0.15, 0.2) is 0 Å². The molecule has 0 N–H and O–H groups in total. The van der Waals surface area contributed by atoms with E-state index in [9.17, 15) is 4.79 Å². The van der Waals surface area contributed by atoms with Crippen LogP contribution >= 0.6 is 0 Å². The molecule has 1 rings (SSSR count). The maximum absolute atomic E-state index is 11.0. The second-order valence-electron chi connectivity index (χ2n) is 2.70. The summed E-state index contributed by atoms with van der Waals surface area (Å²) in [6.07, 6.45) is 0. The van der Waals surface area contributed by atoms with Crippen molar-refractivity contribution < 1.29 is 14.4 Å². The summed E-state index contributed by atoms with van der Waals surface area (Å²) in [5.41, 5.74) is 0.418. The molecule has 1 radical (unpaired) electrons. The van der Waals surface area contributed by atoms with Crippen molar-refractivity contribution in [1.82, 2.24) is 5.06 Å². The Balaban J connectivity index is 0.00000144. The van der Waals surface area contributed by atoms with Crippen LogP contribution in [-0.2, 0) is 14.4 Å². The second kappa shape index (κ2) is 7.47. The van der Waals surface area contributed by atoms with E-state index in [4.69, 9.17) is 9.57 Å². The Bertz CT molecular complexity index is 190. The summed E-state index contributed by atoms with van der Waals surface area (Å²) in [5.74, 6) is -0.364. The molecule has 1 heterocycles. The Kier molecular flexibility index (Phi) is 8.15. The van der Waals surface area contributed by atoms with Gasteiger partial charge in [-0.1, -0.05) is 6.58 Å². The van der Waals surface area contributed by atoms with E-state index in [1.54, 1.807) is 12.0 Å². The minimum Gasteiger partial charge on any atom is -0.379 e. The molecule has 1 fully saturated rings. The van der Waals surface area contributed by atoms with Crippen molar-refractivity contribution in [2.45, 2.75) is 6.92 Å². The van der Waals surface area contributed by atoms with Gasteiger partial charge in [0.05, 0.1) is 26.3 Å². The van der Waals surface area contributed by atoms with Crippen LogP contribution in [0.1, 0.15) is 6.92 Å². The van der Waals surface area contributed by atoms with E-state index < -0.39 is 0 Å². The third-order valence-electron chi connectivity index (χ3n) is 1.53. The fourth-order valence-corrected chi connectivity index (χ4v) is 0.833. The molecule has 5 heteroatoms. The summed E-state index contributed by atoms with van der Waals surface area (Å²) < 4.78 is 5.09. The van der Waals surface area contributed by atoms with Crippen LogP contribution in [0, 0.1) is 0 Å². The van der Waals surface area contributed by atoms with Gasteiger partial charge in [-0.05, 0) is 6.92 Å². The Morgan fingerprint density at radius 1 is 1.46 bits per heavy atom. The molecule has 0 bridgehead atoms. The zero-order valence-electron chi connectivity index (χ0n) is 8.21. The van der Waals surface area contributed by atoms with E-state index in [0.717, 1.165) is 0 Å². The van der Waals surface area contributed by atoms with Gasteiger partial charge >= 0.3 is 5.97 Å². The molecule has 4 nitrogen and oxygen atoms in total. The third kappa shape index (κ3) is 5.58. The summed E-state index contributed by atoms with van der Waals surface area (Å²) in [7, 11) is 0. The molecule has 0 aliphatic carbocycles. The number of ether oxygens (including phenoxy) is 1. The molecule has 0 saturated carbocycles. The Hall–Kier alpha value is 1.18. The number of hydroxylamine groups is 2. The number of hydrogen-bond donors (Lipinski definition) is 0. The van der Waals surface area contributed by atoms with Crippen molar-refractivity contribution in [3.63, 3.8) is 0 Å². The Labute approximate surface area is 137 Å². The number of rotatable bonds is 2. The molecule has 0 aromatic heterocycles. The average Bonchev–Trinajstić information content (AvgIpc) is 2.06. The fraction of sp³-hybridized carbons (Fsp3) is 0.625. The number of carbonyl (C=O) groups excluding carboxylic acids is 1. The van der Waals surface area contributed by atoms with Gasteiger partial charge in [0.25, 0.3) is 0 Å². The van der Waals surface area contributed by atoms with Crippen molar-refractivity contribution in [2.75, 3.05) is 26.3 Å². The van der Waals surface area contributed by atoms with Crippen LogP contribution in [0.4, 0.5) is 0 Å². The van der Waals surface area contributed by atoms with Crippen molar-refractivity contribution in [3.8, 4) is 0 Å². The largest absolute Gasteiger partial charge is 0.379 e. The Morgan fingerprint density at radius 2 is 2.00 bits per heavy atom. The van der Waals surface area contributed by atoms with Gasteiger partial charge in [-0.3, -0.25) is 0 Å². The molecule has 13 heavy (non-hydrogen) atoms. The van der Waals surface area contributed by atoms with Crippen LogP contribution in [0.2, 0.25) is 0 Å². The van der Waals surface area contributed by atoms with Gasteiger partial charge in [0.1, 0.15) is 0 Å². The summed E-state index contributed by atoms with van der Waals surface area (Å²) in [6, 6.07) is 0. The van der Waals surface area contributed by atoms with Crippen molar-refractivity contribution in [2.24, 2.45) is 0 Å². The monoisotopic (exact) mass is 304 g/mol. The topological polar surface area (TPSA) is 38.8 Å². The van der Waals surface area contributed by atoms with Gasteiger partial charge in [0.2, 0.25) is 0 Å². The van der Waals surface area contributed by atoms with Crippen LogP contribution in [0.3, 0.4) is 0 Å². The predicted octanol–water partition coefficient (Wildman–Crippen LogP) is -0.0279. The summed E-state index contributed by atoms with van der Waals surface area (Å²) >= 11 is 0. The van der Waals surface area contributed by atoms with E-state index in [0.29, 0.717) is 31.9 Å². The molecule has 0 aromatic rings. The molecule has 0 spiro atoms.